The second kappa shape index (κ2) is 5.76. The van der Waals surface area contributed by atoms with Crippen LogP contribution in [0.15, 0.2) is 29.0 Å². The van der Waals surface area contributed by atoms with Gasteiger partial charge in [0.2, 0.25) is 0 Å². The van der Waals surface area contributed by atoms with Crippen LogP contribution in [-0.4, -0.2) is 15.4 Å². The van der Waals surface area contributed by atoms with Crippen molar-refractivity contribution in [1.82, 2.24) is 9.55 Å². The molecule has 5 heteroatoms. The zero-order valence-electron chi connectivity index (χ0n) is 11.1. The Kier molecular flexibility index (Phi) is 4.01. The van der Waals surface area contributed by atoms with Gasteiger partial charge in [0.1, 0.15) is 5.82 Å². The van der Waals surface area contributed by atoms with Gasteiger partial charge < -0.3 is 4.57 Å². The fraction of sp³-hybridized carbons (Fsp3) is 0.267. The van der Waals surface area contributed by atoms with E-state index in [0.29, 0.717) is 10.9 Å². The van der Waals surface area contributed by atoms with E-state index in [0.717, 1.165) is 29.8 Å². The molecule has 3 rings (SSSR count). The lowest BCUT2D eigenvalue weighted by Gasteiger charge is -2.08. The Morgan fingerprint density at radius 3 is 2.85 bits per heavy atom. The lowest BCUT2D eigenvalue weighted by atomic mass is 10.2. The Labute approximate surface area is 132 Å². The third kappa shape index (κ3) is 2.58. The van der Waals surface area contributed by atoms with Crippen LogP contribution in [0, 0.1) is 6.92 Å². The first kappa shape index (κ1) is 13.9. The molecule has 0 saturated carbocycles. The highest BCUT2D eigenvalue weighted by molar-refractivity contribution is 7.08. The number of aryl methyl sites for hydroxylation is 2. The Morgan fingerprint density at radius 1 is 1.30 bits per heavy atom. The first-order valence-electron chi connectivity index (χ1n) is 6.41. The average molecular weight is 325 g/mol. The molecule has 0 aliphatic rings. The summed E-state index contributed by atoms with van der Waals surface area (Å²) in [6.07, 6.45) is 0.761. The molecule has 0 atom stereocenters. The van der Waals surface area contributed by atoms with Crippen LogP contribution in [-0.2, 0) is 13.0 Å². The number of alkyl halides is 1. The quantitative estimate of drug-likeness (QED) is 0.625. The number of thiophene rings is 1. The predicted octanol–water partition coefficient (Wildman–Crippen LogP) is 4.89. The third-order valence-electron chi connectivity index (χ3n) is 3.40. The normalized spacial score (nSPS) is 11.3. The zero-order valence-corrected chi connectivity index (χ0v) is 13.4. The number of aromatic nitrogens is 2. The summed E-state index contributed by atoms with van der Waals surface area (Å²) in [5.41, 5.74) is 4.70. The minimum atomic E-state index is 0.569. The highest BCUT2D eigenvalue weighted by atomic mass is 35.5. The maximum Gasteiger partial charge on any atom is 0.111 e. The van der Waals surface area contributed by atoms with Crippen molar-refractivity contribution in [1.29, 1.82) is 0 Å². The molecule has 0 saturated heterocycles. The first-order valence-corrected chi connectivity index (χ1v) is 8.27. The number of imidazole rings is 1. The highest BCUT2D eigenvalue weighted by Crippen LogP contribution is 2.24. The zero-order chi connectivity index (χ0) is 14.1. The van der Waals surface area contributed by atoms with Gasteiger partial charge >= 0.3 is 0 Å². The highest BCUT2D eigenvalue weighted by Gasteiger charge is 2.12. The van der Waals surface area contributed by atoms with Crippen molar-refractivity contribution in [2.24, 2.45) is 0 Å². The summed E-state index contributed by atoms with van der Waals surface area (Å²) in [4.78, 5) is 4.67. The predicted molar refractivity (Wildman–Crippen MR) is 87.3 cm³/mol. The van der Waals surface area contributed by atoms with Gasteiger partial charge in [0.15, 0.2) is 0 Å². The Morgan fingerprint density at radius 2 is 2.15 bits per heavy atom. The van der Waals surface area contributed by atoms with Gasteiger partial charge in [-0.3, -0.25) is 0 Å². The largest absolute Gasteiger partial charge is 0.323 e. The van der Waals surface area contributed by atoms with Gasteiger partial charge in [-0.05, 0) is 47.0 Å². The summed E-state index contributed by atoms with van der Waals surface area (Å²) in [6.45, 7) is 2.97. The standard InChI is InChI=1S/C15H14Cl2N2S/c1-10-8-20-9-11(10)7-19-14-3-2-12(17)6-13(14)18-15(19)4-5-16/h2-3,6,8-9H,4-5,7H2,1H3. The van der Waals surface area contributed by atoms with Gasteiger partial charge in [0, 0.05) is 17.3 Å². The van der Waals surface area contributed by atoms with Crippen molar-refractivity contribution in [3.8, 4) is 0 Å². The van der Waals surface area contributed by atoms with Gasteiger partial charge in [-0.15, -0.1) is 11.6 Å². The molecule has 2 aromatic heterocycles. The van der Waals surface area contributed by atoms with Crippen LogP contribution in [0.3, 0.4) is 0 Å². The van der Waals surface area contributed by atoms with E-state index in [1.54, 1.807) is 11.3 Å². The van der Waals surface area contributed by atoms with Crippen LogP contribution in [0.25, 0.3) is 11.0 Å². The van der Waals surface area contributed by atoms with Crippen molar-refractivity contribution < 1.29 is 0 Å². The second-order valence-corrected chi connectivity index (χ2v) is 6.32. The molecular formula is C15H14Cl2N2S. The maximum atomic E-state index is 6.05. The number of hydrogen-bond donors (Lipinski definition) is 0. The Balaban J connectivity index is 2.11. The molecule has 0 fully saturated rings. The van der Waals surface area contributed by atoms with E-state index in [4.69, 9.17) is 23.2 Å². The molecule has 0 amide bonds. The Bertz CT molecular complexity index is 745. The van der Waals surface area contributed by atoms with Crippen LogP contribution in [0.1, 0.15) is 17.0 Å². The number of fused-ring (bicyclic) bond motifs is 1. The molecule has 0 unspecified atom stereocenters. The molecule has 0 aliphatic carbocycles. The monoisotopic (exact) mass is 324 g/mol. The molecule has 2 nitrogen and oxygen atoms in total. The molecule has 104 valence electrons. The molecule has 20 heavy (non-hydrogen) atoms. The lowest BCUT2D eigenvalue weighted by molar-refractivity contribution is 0.753. The molecule has 0 bridgehead atoms. The summed E-state index contributed by atoms with van der Waals surface area (Å²) < 4.78 is 2.24. The molecule has 2 heterocycles. The van der Waals surface area contributed by atoms with Gasteiger partial charge in [-0.2, -0.15) is 11.3 Å². The fourth-order valence-corrected chi connectivity index (χ4v) is 3.51. The summed E-state index contributed by atoms with van der Waals surface area (Å²) >= 11 is 13.7. The molecular weight excluding hydrogens is 311 g/mol. The van der Waals surface area contributed by atoms with Crippen LogP contribution in [0.4, 0.5) is 0 Å². The molecule has 1 aromatic carbocycles. The summed E-state index contributed by atoms with van der Waals surface area (Å²) in [5.74, 6) is 1.59. The van der Waals surface area contributed by atoms with Crippen LogP contribution < -0.4 is 0 Å². The van der Waals surface area contributed by atoms with Gasteiger partial charge in [-0.1, -0.05) is 11.6 Å². The number of halogens is 2. The van der Waals surface area contributed by atoms with E-state index in [-0.39, 0.29) is 0 Å². The summed E-state index contributed by atoms with van der Waals surface area (Å²) in [5, 5.41) is 5.08. The van der Waals surface area contributed by atoms with Crippen molar-refractivity contribution in [3.05, 3.63) is 50.9 Å². The van der Waals surface area contributed by atoms with E-state index < -0.39 is 0 Å². The van der Waals surface area contributed by atoms with E-state index in [9.17, 15) is 0 Å². The van der Waals surface area contributed by atoms with E-state index >= 15 is 0 Å². The second-order valence-electron chi connectivity index (χ2n) is 4.77. The van der Waals surface area contributed by atoms with Crippen molar-refractivity contribution in [2.45, 2.75) is 19.9 Å². The fourth-order valence-electron chi connectivity index (χ4n) is 2.32. The van der Waals surface area contributed by atoms with Crippen molar-refractivity contribution in [3.63, 3.8) is 0 Å². The smallest absolute Gasteiger partial charge is 0.111 e. The number of nitrogens with zero attached hydrogens (tertiary/aromatic N) is 2. The van der Waals surface area contributed by atoms with Crippen molar-refractivity contribution >= 4 is 45.6 Å². The lowest BCUT2D eigenvalue weighted by Crippen LogP contribution is -2.06. The van der Waals surface area contributed by atoms with Crippen molar-refractivity contribution in [2.75, 3.05) is 5.88 Å². The molecule has 3 aromatic rings. The van der Waals surface area contributed by atoms with Gasteiger partial charge in [-0.25, -0.2) is 4.98 Å². The third-order valence-corrected chi connectivity index (χ3v) is 4.73. The molecule has 0 spiro atoms. The summed E-state index contributed by atoms with van der Waals surface area (Å²) in [6, 6.07) is 5.85. The SMILES string of the molecule is Cc1cscc1Cn1c(CCCl)nc2cc(Cl)ccc21. The topological polar surface area (TPSA) is 17.8 Å². The van der Waals surface area contributed by atoms with Gasteiger partial charge in [0.05, 0.1) is 17.6 Å². The maximum absolute atomic E-state index is 6.05. The minimum absolute atomic E-state index is 0.569. The van der Waals surface area contributed by atoms with Crippen LogP contribution >= 0.6 is 34.5 Å². The van der Waals surface area contributed by atoms with E-state index in [1.165, 1.54) is 11.1 Å². The first-order chi connectivity index (χ1) is 9.69. The summed E-state index contributed by atoms with van der Waals surface area (Å²) in [7, 11) is 0. The van der Waals surface area contributed by atoms with Gasteiger partial charge in [0.25, 0.3) is 0 Å². The van der Waals surface area contributed by atoms with Crippen LogP contribution in [0.2, 0.25) is 5.02 Å². The number of hydrogen-bond acceptors (Lipinski definition) is 2. The van der Waals surface area contributed by atoms with E-state index in [1.807, 2.05) is 18.2 Å². The average Bonchev–Trinajstić information content (AvgIpc) is 2.96. The Hall–Kier alpha value is -1.03. The minimum Gasteiger partial charge on any atom is -0.323 e. The molecule has 0 aliphatic heterocycles. The molecule has 0 radical (unpaired) electrons. The number of rotatable bonds is 4. The van der Waals surface area contributed by atoms with E-state index in [2.05, 4.69) is 27.2 Å². The van der Waals surface area contributed by atoms with Crippen LogP contribution in [0.5, 0.6) is 0 Å². The molecule has 0 N–H and O–H groups in total. The number of benzene rings is 1.